The SMILES string of the molecule is COC(=O)c1cc2nc(Br)sc2[nH]1. The Morgan fingerprint density at radius 2 is 2.54 bits per heavy atom. The molecule has 0 fully saturated rings. The molecule has 0 saturated heterocycles. The minimum absolute atomic E-state index is 0.374. The lowest BCUT2D eigenvalue weighted by Crippen LogP contribution is -2.00. The van der Waals surface area contributed by atoms with Crippen molar-refractivity contribution in [2.45, 2.75) is 0 Å². The molecule has 0 aromatic carbocycles. The van der Waals surface area contributed by atoms with E-state index >= 15 is 0 Å². The van der Waals surface area contributed by atoms with Crippen LogP contribution in [0.3, 0.4) is 0 Å². The summed E-state index contributed by atoms with van der Waals surface area (Å²) in [7, 11) is 1.35. The number of aromatic nitrogens is 2. The third-order valence-electron chi connectivity index (χ3n) is 1.56. The highest BCUT2D eigenvalue weighted by atomic mass is 79.9. The molecule has 2 rings (SSSR count). The minimum Gasteiger partial charge on any atom is -0.464 e. The number of nitrogens with one attached hydrogen (secondary N) is 1. The summed E-state index contributed by atoms with van der Waals surface area (Å²) < 4.78 is 5.36. The van der Waals surface area contributed by atoms with Crippen LogP contribution >= 0.6 is 27.3 Å². The number of carbonyl (C=O) groups excluding carboxylic acids is 1. The standard InChI is InChI=1S/C7H5BrN2O2S/c1-12-6(11)4-2-3-5(9-4)13-7(8)10-3/h2,9H,1H3. The Morgan fingerprint density at radius 3 is 3.15 bits per heavy atom. The number of aromatic amines is 1. The molecule has 0 amide bonds. The van der Waals surface area contributed by atoms with E-state index in [0.717, 1.165) is 14.3 Å². The average Bonchev–Trinajstić information content (AvgIpc) is 2.59. The first kappa shape index (κ1) is 8.71. The summed E-state index contributed by atoms with van der Waals surface area (Å²) in [5, 5.41) is 0. The van der Waals surface area contributed by atoms with Crippen molar-refractivity contribution in [1.82, 2.24) is 9.97 Å². The monoisotopic (exact) mass is 260 g/mol. The van der Waals surface area contributed by atoms with Gasteiger partial charge in [-0.25, -0.2) is 9.78 Å². The van der Waals surface area contributed by atoms with E-state index in [0.29, 0.717) is 5.69 Å². The summed E-state index contributed by atoms with van der Waals surface area (Å²) in [4.78, 5) is 19.0. The van der Waals surface area contributed by atoms with E-state index in [1.807, 2.05) is 0 Å². The molecule has 2 aromatic heterocycles. The lowest BCUT2D eigenvalue weighted by atomic mass is 10.4. The number of hydrogen-bond acceptors (Lipinski definition) is 4. The average molecular weight is 261 g/mol. The molecule has 0 aliphatic heterocycles. The van der Waals surface area contributed by atoms with Crippen molar-refractivity contribution < 1.29 is 9.53 Å². The molecule has 1 N–H and O–H groups in total. The first-order valence-corrected chi connectivity index (χ1v) is 5.05. The summed E-state index contributed by atoms with van der Waals surface area (Å²) in [6.45, 7) is 0. The minimum atomic E-state index is -0.374. The molecule has 6 heteroatoms. The van der Waals surface area contributed by atoms with E-state index in [1.165, 1.54) is 18.4 Å². The highest BCUT2D eigenvalue weighted by Crippen LogP contribution is 2.26. The van der Waals surface area contributed by atoms with Crippen LogP contribution < -0.4 is 0 Å². The van der Waals surface area contributed by atoms with E-state index in [9.17, 15) is 4.79 Å². The number of ether oxygens (including phenoxy) is 1. The number of rotatable bonds is 1. The number of thiazole rings is 1. The Hall–Kier alpha value is -0.880. The third kappa shape index (κ3) is 1.47. The number of nitrogens with zero attached hydrogens (tertiary/aromatic N) is 1. The summed E-state index contributed by atoms with van der Waals surface area (Å²) in [6, 6.07) is 1.67. The van der Waals surface area contributed by atoms with E-state index in [-0.39, 0.29) is 5.97 Å². The van der Waals surface area contributed by atoms with Crippen molar-refractivity contribution in [3.05, 3.63) is 15.7 Å². The fourth-order valence-electron chi connectivity index (χ4n) is 1.01. The van der Waals surface area contributed by atoms with Crippen LogP contribution in [0.2, 0.25) is 0 Å². The zero-order valence-corrected chi connectivity index (χ0v) is 9.03. The van der Waals surface area contributed by atoms with Gasteiger partial charge in [0.15, 0.2) is 3.92 Å². The number of hydrogen-bond donors (Lipinski definition) is 1. The number of esters is 1. The second kappa shape index (κ2) is 3.12. The van der Waals surface area contributed by atoms with Gasteiger partial charge in [0.1, 0.15) is 16.0 Å². The second-order valence-electron chi connectivity index (χ2n) is 2.36. The van der Waals surface area contributed by atoms with Crippen LogP contribution in [0.25, 0.3) is 10.3 Å². The molecule has 0 bridgehead atoms. The number of halogens is 1. The molecule has 0 saturated carbocycles. The smallest absolute Gasteiger partial charge is 0.354 e. The van der Waals surface area contributed by atoms with Gasteiger partial charge in [0.25, 0.3) is 0 Å². The van der Waals surface area contributed by atoms with E-state index in [4.69, 9.17) is 0 Å². The topological polar surface area (TPSA) is 55.0 Å². The maximum Gasteiger partial charge on any atom is 0.354 e. The zero-order chi connectivity index (χ0) is 9.42. The van der Waals surface area contributed by atoms with Crippen LogP contribution in [-0.4, -0.2) is 23.0 Å². The molecule has 0 spiro atoms. The van der Waals surface area contributed by atoms with Crippen molar-refractivity contribution in [2.24, 2.45) is 0 Å². The summed E-state index contributed by atoms with van der Waals surface area (Å²) in [6.07, 6.45) is 0. The van der Waals surface area contributed by atoms with E-state index in [1.54, 1.807) is 6.07 Å². The highest BCUT2D eigenvalue weighted by molar-refractivity contribution is 9.11. The largest absolute Gasteiger partial charge is 0.464 e. The van der Waals surface area contributed by atoms with Crippen molar-refractivity contribution in [3.63, 3.8) is 0 Å². The maximum absolute atomic E-state index is 11.1. The number of carbonyl (C=O) groups is 1. The van der Waals surface area contributed by atoms with Gasteiger partial charge >= 0.3 is 5.97 Å². The third-order valence-corrected chi connectivity index (χ3v) is 3.00. The van der Waals surface area contributed by atoms with Gasteiger partial charge in [-0.15, -0.1) is 0 Å². The number of H-pyrrole nitrogens is 1. The maximum atomic E-state index is 11.1. The number of methoxy groups -OCH3 is 1. The Kier molecular flexibility index (Phi) is 2.09. The lowest BCUT2D eigenvalue weighted by Gasteiger charge is -1.91. The van der Waals surface area contributed by atoms with Crippen LogP contribution in [0, 0.1) is 0 Å². The number of fused-ring (bicyclic) bond motifs is 1. The van der Waals surface area contributed by atoms with Gasteiger partial charge in [-0.3, -0.25) is 0 Å². The summed E-state index contributed by atoms with van der Waals surface area (Å²) in [5.41, 5.74) is 1.21. The van der Waals surface area contributed by atoms with Gasteiger partial charge in [-0.2, -0.15) is 0 Å². The molecule has 68 valence electrons. The van der Waals surface area contributed by atoms with E-state index in [2.05, 4.69) is 30.6 Å². The Morgan fingerprint density at radius 1 is 1.77 bits per heavy atom. The second-order valence-corrected chi connectivity index (χ2v) is 4.63. The summed E-state index contributed by atoms with van der Waals surface area (Å²) >= 11 is 4.70. The van der Waals surface area contributed by atoms with Crippen LogP contribution in [-0.2, 0) is 4.74 Å². The fraction of sp³-hybridized carbons (Fsp3) is 0.143. The molecule has 0 radical (unpaired) electrons. The normalized spacial score (nSPS) is 10.6. The Balaban J connectivity index is 2.51. The molecular weight excluding hydrogens is 256 g/mol. The first-order valence-electron chi connectivity index (χ1n) is 3.44. The predicted molar refractivity (Wildman–Crippen MR) is 53.0 cm³/mol. The van der Waals surface area contributed by atoms with Crippen molar-refractivity contribution >= 4 is 43.6 Å². The lowest BCUT2D eigenvalue weighted by molar-refractivity contribution is 0.0595. The molecule has 4 nitrogen and oxygen atoms in total. The molecule has 2 aromatic rings. The van der Waals surface area contributed by atoms with Crippen molar-refractivity contribution in [3.8, 4) is 0 Å². The van der Waals surface area contributed by atoms with Crippen LogP contribution in [0.15, 0.2) is 9.98 Å². The molecule has 13 heavy (non-hydrogen) atoms. The van der Waals surface area contributed by atoms with Crippen molar-refractivity contribution in [2.75, 3.05) is 7.11 Å². The van der Waals surface area contributed by atoms with E-state index < -0.39 is 0 Å². The van der Waals surface area contributed by atoms with Gasteiger partial charge in [0, 0.05) is 0 Å². The molecular formula is C7H5BrN2O2S. The molecule has 0 atom stereocenters. The first-order chi connectivity index (χ1) is 6.20. The predicted octanol–water partition coefficient (Wildman–Crippen LogP) is 2.17. The molecule has 0 unspecified atom stereocenters. The fourth-order valence-corrected chi connectivity index (χ4v) is 2.37. The van der Waals surface area contributed by atoms with Crippen LogP contribution in [0.1, 0.15) is 10.5 Å². The van der Waals surface area contributed by atoms with Crippen LogP contribution in [0.4, 0.5) is 0 Å². The Bertz CT molecular complexity index is 430. The molecule has 2 heterocycles. The molecule has 0 aliphatic rings. The Labute approximate surface area is 86.1 Å². The van der Waals surface area contributed by atoms with Gasteiger partial charge in [-0.05, 0) is 22.0 Å². The van der Waals surface area contributed by atoms with Gasteiger partial charge < -0.3 is 9.72 Å². The zero-order valence-electron chi connectivity index (χ0n) is 6.63. The molecule has 0 aliphatic carbocycles. The van der Waals surface area contributed by atoms with Gasteiger partial charge in [0.2, 0.25) is 0 Å². The highest BCUT2D eigenvalue weighted by Gasteiger charge is 2.11. The van der Waals surface area contributed by atoms with Gasteiger partial charge in [0.05, 0.1) is 7.11 Å². The van der Waals surface area contributed by atoms with Gasteiger partial charge in [-0.1, -0.05) is 11.3 Å². The quantitative estimate of drug-likeness (QED) is 0.800. The van der Waals surface area contributed by atoms with Crippen LogP contribution in [0.5, 0.6) is 0 Å². The van der Waals surface area contributed by atoms with Crippen molar-refractivity contribution in [1.29, 1.82) is 0 Å². The summed E-state index contributed by atoms with van der Waals surface area (Å²) in [5.74, 6) is -0.374.